The number of benzene rings is 2. The van der Waals surface area contributed by atoms with Crippen molar-refractivity contribution in [2.75, 3.05) is 0 Å². The van der Waals surface area contributed by atoms with E-state index in [1.165, 1.54) is 5.56 Å². The number of fused-ring (bicyclic) bond motifs is 1. The molecular weight excluding hydrogens is 308 g/mol. The van der Waals surface area contributed by atoms with Crippen molar-refractivity contribution in [2.45, 2.75) is 45.1 Å². The van der Waals surface area contributed by atoms with E-state index in [4.69, 9.17) is 0 Å². The fourth-order valence-corrected chi connectivity index (χ4v) is 10.2. The third-order valence-electron chi connectivity index (χ3n) is 4.92. The summed E-state index contributed by atoms with van der Waals surface area (Å²) in [5, 5.41) is 3.62. The third kappa shape index (κ3) is 3.15. The zero-order chi connectivity index (χ0) is 16.6. The van der Waals surface area contributed by atoms with Gasteiger partial charge in [0, 0.05) is 5.92 Å². The van der Waals surface area contributed by atoms with E-state index in [1.54, 1.807) is 16.3 Å². The van der Waals surface area contributed by atoms with Crippen LogP contribution in [-0.2, 0) is 6.42 Å². The first-order valence-electron chi connectivity index (χ1n) is 8.77. The zero-order valence-corrected chi connectivity index (χ0v) is 17.2. The molecule has 0 heterocycles. The summed E-state index contributed by atoms with van der Waals surface area (Å²) >= 11 is 0. The summed E-state index contributed by atoms with van der Waals surface area (Å²) in [7, 11) is -2.20. The van der Waals surface area contributed by atoms with Crippen LogP contribution in [-0.4, -0.2) is 16.9 Å². The van der Waals surface area contributed by atoms with E-state index in [0.717, 1.165) is 6.42 Å². The summed E-state index contributed by atoms with van der Waals surface area (Å²) in [4.78, 5) is 0. The van der Waals surface area contributed by atoms with Crippen LogP contribution in [0.2, 0.25) is 32.7 Å². The van der Waals surface area contributed by atoms with Crippen LogP contribution < -0.4 is 0 Å². The maximum atomic E-state index is 2.51. The quantitative estimate of drug-likeness (QED) is 0.630. The highest BCUT2D eigenvalue weighted by Crippen LogP contribution is 2.48. The van der Waals surface area contributed by atoms with Crippen molar-refractivity contribution in [3.8, 4) is 0 Å². The van der Waals surface area contributed by atoms with E-state index in [9.17, 15) is 0 Å². The Labute approximate surface area is 143 Å². The van der Waals surface area contributed by atoms with Crippen LogP contribution in [0.25, 0.3) is 5.20 Å². The fourth-order valence-electron chi connectivity index (χ4n) is 4.12. The van der Waals surface area contributed by atoms with Gasteiger partial charge in [-0.15, -0.1) is 0 Å². The van der Waals surface area contributed by atoms with Gasteiger partial charge >= 0.3 is 0 Å². The highest BCUT2D eigenvalue weighted by molar-refractivity contribution is 6.96. The van der Waals surface area contributed by atoms with Crippen LogP contribution in [0.15, 0.2) is 59.8 Å². The predicted molar refractivity (Wildman–Crippen MR) is 108 cm³/mol. The first-order valence-corrected chi connectivity index (χ1v) is 15.2. The maximum Gasteiger partial charge on any atom is 0.0778 e. The van der Waals surface area contributed by atoms with Crippen LogP contribution in [0.1, 0.15) is 22.6 Å². The number of hydrogen-bond acceptors (Lipinski definition) is 0. The van der Waals surface area contributed by atoms with Gasteiger partial charge in [-0.1, -0.05) is 97.7 Å². The van der Waals surface area contributed by atoms with Crippen LogP contribution >= 0.6 is 0 Å². The summed E-state index contributed by atoms with van der Waals surface area (Å²) in [5.41, 5.74) is 4.63. The van der Waals surface area contributed by atoms with Gasteiger partial charge in [-0.2, -0.15) is 0 Å². The molecule has 0 aromatic heterocycles. The largest absolute Gasteiger partial charge is 0.0778 e. The molecule has 0 bridgehead atoms. The molecule has 0 spiro atoms. The third-order valence-corrected chi connectivity index (χ3v) is 9.21. The molecular formula is C21H28Si2. The molecule has 23 heavy (non-hydrogen) atoms. The smallest absolute Gasteiger partial charge is 0.0771 e. The van der Waals surface area contributed by atoms with Crippen molar-refractivity contribution in [1.29, 1.82) is 0 Å². The van der Waals surface area contributed by atoms with Crippen LogP contribution in [0.4, 0.5) is 0 Å². The van der Waals surface area contributed by atoms with Gasteiger partial charge in [0.25, 0.3) is 0 Å². The Morgan fingerprint density at radius 3 is 2.09 bits per heavy atom. The minimum atomic E-state index is -1.35. The lowest BCUT2D eigenvalue weighted by molar-refractivity contribution is 0.832. The molecule has 0 N–H and O–H groups in total. The standard InChI is InChI=1S/C21H28Si2/c1-22(2)20-19(15-16-11-7-6-8-12-16)17-13-9-10-14-18(17)21(20)23(3,4)5/h6-14,19,22H,15H2,1-5H3. The van der Waals surface area contributed by atoms with E-state index in [0.29, 0.717) is 5.92 Å². The first-order chi connectivity index (χ1) is 10.9. The summed E-state index contributed by atoms with van der Waals surface area (Å²) in [6, 6.07) is 20.2. The average molecular weight is 337 g/mol. The van der Waals surface area contributed by atoms with E-state index in [-0.39, 0.29) is 0 Å². The Balaban J connectivity index is 2.15. The molecule has 1 atom stereocenters. The molecule has 1 aliphatic rings. The fraction of sp³-hybridized carbons (Fsp3) is 0.333. The van der Waals surface area contributed by atoms with Gasteiger partial charge < -0.3 is 0 Å². The van der Waals surface area contributed by atoms with Gasteiger partial charge in [-0.05, 0) is 23.1 Å². The zero-order valence-electron chi connectivity index (χ0n) is 15.1. The molecule has 3 rings (SSSR count). The SMILES string of the molecule is C[SiH](C)C1=C([Si](C)(C)C)c2ccccc2C1Cc1ccccc1. The molecule has 1 unspecified atom stereocenters. The second-order valence-corrected chi connectivity index (χ2v) is 16.0. The molecule has 2 heteroatoms. The molecule has 0 amide bonds. The summed E-state index contributed by atoms with van der Waals surface area (Å²) in [6.07, 6.45) is 1.16. The first kappa shape index (κ1) is 16.5. The average Bonchev–Trinajstić information content (AvgIpc) is 2.83. The molecule has 120 valence electrons. The molecule has 0 aliphatic heterocycles. The maximum absolute atomic E-state index is 2.51. The van der Waals surface area contributed by atoms with Gasteiger partial charge in [-0.25, -0.2) is 0 Å². The summed E-state index contributed by atoms with van der Waals surface area (Å²) in [5.74, 6) is 0.613. The van der Waals surface area contributed by atoms with Crippen molar-refractivity contribution in [3.63, 3.8) is 0 Å². The van der Waals surface area contributed by atoms with Crippen molar-refractivity contribution >= 4 is 22.1 Å². The highest BCUT2D eigenvalue weighted by atomic mass is 28.3. The van der Waals surface area contributed by atoms with Crippen molar-refractivity contribution < 1.29 is 0 Å². The monoisotopic (exact) mass is 336 g/mol. The Hall–Kier alpha value is -1.39. The topological polar surface area (TPSA) is 0 Å². The van der Waals surface area contributed by atoms with E-state index >= 15 is 0 Å². The Morgan fingerprint density at radius 2 is 1.48 bits per heavy atom. The number of hydrogen-bond donors (Lipinski definition) is 0. The van der Waals surface area contributed by atoms with E-state index in [2.05, 4.69) is 87.3 Å². The van der Waals surface area contributed by atoms with Crippen LogP contribution in [0.5, 0.6) is 0 Å². The summed E-state index contributed by atoms with van der Waals surface area (Å²) in [6.45, 7) is 12.6. The van der Waals surface area contributed by atoms with Gasteiger partial charge in [0.1, 0.15) is 0 Å². The lowest BCUT2D eigenvalue weighted by atomic mass is 9.93. The lowest BCUT2D eigenvalue weighted by Crippen LogP contribution is -2.26. The van der Waals surface area contributed by atoms with Crippen molar-refractivity contribution in [1.82, 2.24) is 0 Å². The molecule has 2 aromatic rings. The lowest BCUT2D eigenvalue weighted by Gasteiger charge is -2.25. The Bertz CT molecular complexity index is 721. The predicted octanol–water partition coefficient (Wildman–Crippen LogP) is 5.68. The summed E-state index contributed by atoms with van der Waals surface area (Å²) < 4.78 is 0. The van der Waals surface area contributed by atoms with Gasteiger partial charge in [0.05, 0.1) is 16.9 Å². The highest BCUT2D eigenvalue weighted by Gasteiger charge is 2.37. The van der Waals surface area contributed by atoms with Crippen LogP contribution in [0, 0.1) is 0 Å². The Kier molecular flexibility index (Phi) is 4.48. The van der Waals surface area contributed by atoms with Gasteiger partial charge in [0.15, 0.2) is 0 Å². The number of rotatable bonds is 4. The van der Waals surface area contributed by atoms with E-state index < -0.39 is 16.9 Å². The molecule has 2 aromatic carbocycles. The molecule has 1 aliphatic carbocycles. The van der Waals surface area contributed by atoms with E-state index in [1.807, 2.05) is 5.20 Å². The molecule has 0 fully saturated rings. The Morgan fingerprint density at radius 1 is 0.870 bits per heavy atom. The second-order valence-electron chi connectivity index (χ2n) is 8.06. The molecule has 0 radical (unpaired) electrons. The van der Waals surface area contributed by atoms with Crippen LogP contribution in [0.3, 0.4) is 0 Å². The number of allylic oxidation sites excluding steroid dienone is 1. The van der Waals surface area contributed by atoms with Gasteiger partial charge in [0.2, 0.25) is 0 Å². The normalized spacial score (nSPS) is 17.7. The molecule has 0 saturated heterocycles. The molecule has 0 saturated carbocycles. The minimum Gasteiger partial charge on any atom is -0.0771 e. The van der Waals surface area contributed by atoms with Crippen molar-refractivity contribution in [2.24, 2.45) is 0 Å². The minimum absolute atomic E-state index is 0.613. The van der Waals surface area contributed by atoms with Crippen molar-refractivity contribution in [3.05, 3.63) is 76.5 Å². The second kappa shape index (κ2) is 6.25. The van der Waals surface area contributed by atoms with Gasteiger partial charge in [-0.3, -0.25) is 0 Å². The molecule has 0 nitrogen and oxygen atoms in total.